The Morgan fingerprint density at radius 3 is 2.16 bits per heavy atom. The largest absolute Gasteiger partial charge is 0.465 e. The first-order valence-electron chi connectivity index (χ1n) is 19.5. The van der Waals surface area contributed by atoms with E-state index in [0.717, 1.165) is 24.8 Å². The van der Waals surface area contributed by atoms with E-state index in [2.05, 4.69) is 106 Å². The third kappa shape index (κ3) is 8.53. The van der Waals surface area contributed by atoms with Gasteiger partial charge in [-0.2, -0.15) is 0 Å². The minimum Gasteiger partial charge on any atom is -0.465 e. The number of hydrogen-bond donors (Lipinski definition) is 1. The van der Waals surface area contributed by atoms with E-state index >= 15 is 0 Å². The van der Waals surface area contributed by atoms with Gasteiger partial charge in [0.05, 0.1) is 30.3 Å². The van der Waals surface area contributed by atoms with Gasteiger partial charge in [0.15, 0.2) is 16.6 Å². The van der Waals surface area contributed by atoms with Crippen LogP contribution in [0.4, 0.5) is 0 Å². The van der Waals surface area contributed by atoms with Gasteiger partial charge < -0.3 is 18.7 Å². The number of allylic oxidation sites excluding steroid dienone is 4. The molecule has 0 aromatic heterocycles. The molecule has 4 aliphatic carbocycles. The van der Waals surface area contributed by atoms with Crippen LogP contribution in [-0.4, -0.2) is 52.6 Å². The van der Waals surface area contributed by atoms with Gasteiger partial charge in [0.2, 0.25) is 0 Å². The molecule has 0 heterocycles. The van der Waals surface area contributed by atoms with Crippen LogP contribution in [0.25, 0.3) is 0 Å². The minimum atomic E-state index is -2.01. The van der Waals surface area contributed by atoms with Crippen LogP contribution in [0.3, 0.4) is 0 Å². The summed E-state index contributed by atoms with van der Waals surface area (Å²) in [6.45, 7) is 35.0. The maximum absolute atomic E-state index is 12.5. The van der Waals surface area contributed by atoms with E-state index in [0.29, 0.717) is 37.2 Å². The first-order valence-corrected chi connectivity index (χ1v) is 25.3. The van der Waals surface area contributed by atoms with Gasteiger partial charge in [0, 0.05) is 6.42 Å². The van der Waals surface area contributed by atoms with Gasteiger partial charge >= 0.3 is 5.97 Å². The lowest BCUT2D eigenvalue weighted by Gasteiger charge is -2.45. The Kier molecular flexibility index (Phi) is 12.1. The van der Waals surface area contributed by atoms with Crippen molar-refractivity contribution in [3.05, 3.63) is 47.6 Å². The molecule has 5 nitrogen and oxygen atoms in total. The molecule has 0 aromatic carbocycles. The van der Waals surface area contributed by atoms with Gasteiger partial charge in [-0.05, 0) is 129 Å². The smallest absolute Gasteiger partial charge is 0.315 e. The normalized spacial score (nSPS) is 32.4. The molecular weight excluding hydrogens is 641 g/mol. The Bertz CT molecular complexity index is 1310. The zero-order chi connectivity index (χ0) is 36.8. The average molecular weight is 713 g/mol. The summed E-state index contributed by atoms with van der Waals surface area (Å²) in [4.78, 5) is 12.5. The molecule has 0 aromatic rings. The summed E-state index contributed by atoms with van der Waals surface area (Å²) in [5, 5.41) is 11.3. The van der Waals surface area contributed by atoms with E-state index in [1.165, 1.54) is 31.3 Å². The Balaban J connectivity index is 1.55. The van der Waals surface area contributed by atoms with Crippen LogP contribution < -0.4 is 0 Å². The lowest BCUT2D eigenvalue weighted by molar-refractivity contribution is -0.153. The number of carbonyl (C=O) groups is 1. The van der Waals surface area contributed by atoms with E-state index in [1.54, 1.807) is 5.57 Å². The molecule has 0 amide bonds. The fourth-order valence-corrected chi connectivity index (χ4v) is 11.2. The zero-order valence-corrected chi connectivity index (χ0v) is 35.6. The second-order valence-corrected chi connectivity index (χ2v) is 28.9. The van der Waals surface area contributed by atoms with Gasteiger partial charge in [-0.1, -0.05) is 91.8 Å². The number of fused-ring (bicyclic) bond motifs is 1. The standard InChI is InChI=1S/C42H72O5Si2/c1-15-45-38(44)42(25-26-42)37(43)23-18-29(2)34-21-22-35-31(17-16-24-41(34,35)10)19-20-32-27-33(46-48(11,12)39(4,5)6)28-36(30(32)3)47-49(13,14)40(7,8)9/h18-20,23,29,33-37,43H,3,15-17,21-22,24-28H2,1-2,4-14H3/b23-18+,31-19+,32-20-/t29-,33-,34-,35+,36+,37+,41+/m1/s1. The molecule has 0 aliphatic heterocycles. The summed E-state index contributed by atoms with van der Waals surface area (Å²) in [6, 6.07) is 0. The number of ether oxygens (including phenoxy) is 1. The molecule has 7 atom stereocenters. The molecule has 7 heteroatoms. The number of aliphatic hydroxyl groups is 1. The van der Waals surface area contributed by atoms with Crippen molar-refractivity contribution >= 4 is 22.6 Å². The van der Waals surface area contributed by atoms with Crippen molar-refractivity contribution in [2.45, 2.75) is 175 Å². The fraction of sp³-hybridized carbons (Fsp3) is 0.786. The maximum atomic E-state index is 12.5. The predicted octanol–water partition coefficient (Wildman–Crippen LogP) is 11.1. The first kappa shape index (κ1) is 40.5. The summed E-state index contributed by atoms with van der Waals surface area (Å²) < 4.78 is 19.5. The molecule has 0 radical (unpaired) electrons. The minimum absolute atomic E-state index is 0.0110. The van der Waals surface area contributed by atoms with Crippen LogP contribution in [0, 0.1) is 28.6 Å². The molecule has 4 fully saturated rings. The highest BCUT2D eigenvalue weighted by Crippen LogP contribution is 2.60. The maximum Gasteiger partial charge on any atom is 0.315 e. The van der Waals surface area contributed by atoms with Crippen molar-refractivity contribution in [3.8, 4) is 0 Å². The quantitative estimate of drug-likeness (QED) is 0.131. The number of esters is 1. The molecule has 0 bridgehead atoms. The Labute approximate surface area is 302 Å². The van der Waals surface area contributed by atoms with Crippen molar-refractivity contribution in [2.24, 2.45) is 28.6 Å². The molecule has 0 unspecified atom stereocenters. The van der Waals surface area contributed by atoms with Crippen molar-refractivity contribution in [2.75, 3.05) is 6.61 Å². The number of carbonyl (C=O) groups excluding carboxylic acids is 1. The summed E-state index contributed by atoms with van der Waals surface area (Å²) >= 11 is 0. The fourth-order valence-electron chi connectivity index (χ4n) is 8.54. The van der Waals surface area contributed by atoms with Crippen LogP contribution in [0.5, 0.6) is 0 Å². The summed E-state index contributed by atoms with van der Waals surface area (Å²) in [5.74, 6) is 1.19. The van der Waals surface area contributed by atoms with Crippen molar-refractivity contribution in [1.29, 1.82) is 0 Å². The highest BCUT2D eigenvalue weighted by Gasteiger charge is 2.56. The second kappa shape index (κ2) is 14.6. The van der Waals surface area contributed by atoms with E-state index < -0.39 is 28.2 Å². The molecular formula is C42H72O5Si2. The number of aliphatic hydroxyl groups excluding tert-OH is 1. The van der Waals surface area contributed by atoms with E-state index in [1.807, 2.05) is 13.0 Å². The van der Waals surface area contributed by atoms with Crippen LogP contribution in [0.1, 0.15) is 120 Å². The van der Waals surface area contributed by atoms with Crippen LogP contribution in [-0.2, 0) is 18.4 Å². The van der Waals surface area contributed by atoms with Gasteiger partial charge in [-0.15, -0.1) is 0 Å². The average Bonchev–Trinajstić information content (AvgIpc) is 3.71. The van der Waals surface area contributed by atoms with Crippen LogP contribution >= 0.6 is 0 Å². The molecule has 0 spiro atoms. The third-order valence-corrected chi connectivity index (χ3v) is 23.1. The molecule has 0 saturated heterocycles. The Hall–Kier alpha value is -1.26. The van der Waals surface area contributed by atoms with E-state index in [-0.39, 0.29) is 33.7 Å². The molecule has 4 saturated carbocycles. The number of rotatable bonds is 11. The van der Waals surface area contributed by atoms with Gasteiger partial charge in [-0.25, -0.2) is 0 Å². The van der Waals surface area contributed by atoms with E-state index in [9.17, 15) is 9.90 Å². The molecule has 49 heavy (non-hydrogen) atoms. The molecule has 278 valence electrons. The van der Waals surface area contributed by atoms with Crippen molar-refractivity contribution in [1.82, 2.24) is 0 Å². The Morgan fingerprint density at radius 2 is 1.59 bits per heavy atom. The monoisotopic (exact) mass is 712 g/mol. The molecule has 4 rings (SSSR count). The van der Waals surface area contributed by atoms with Gasteiger partial charge in [0.1, 0.15) is 0 Å². The first-order chi connectivity index (χ1) is 22.5. The number of hydrogen-bond acceptors (Lipinski definition) is 5. The molecule has 1 N–H and O–H groups in total. The summed E-state index contributed by atoms with van der Waals surface area (Å²) in [7, 11) is -3.97. The van der Waals surface area contributed by atoms with Gasteiger partial charge in [0.25, 0.3) is 0 Å². The SMILES string of the molecule is C=C1/C(=C\C=C2/CCC[C@@]3(C)[C@@H]([C@H](C)/C=C/[C@H](O)C4(C(=O)OCC)CC4)CC[C@@H]23)C[C@@H](O[Si](C)(C)C(C)(C)C)C[C@@H]1O[Si](C)(C)C(C)(C)C. The van der Waals surface area contributed by atoms with Crippen LogP contribution in [0.2, 0.25) is 36.3 Å². The summed E-state index contributed by atoms with van der Waals surface area (Å²) in [5.41, 5.74) is 3.53. The third-order valence-electron chi connectivity index (χ3n) is 14.0. The van der Waals surface area contributed by atoms with Crippen LogP contribution in [0.15, 0.2) is 47.6 Å². The van der Waals surface area contributed by atoms with Crippen molar-refractivity contribution < 1.29 is 23.5 Å². The topological polar surface area (TPSA) is 65.0 Å². The Morgan fingerprint density at radius 1 is 0.980 bits per heavy atom. The highest BCUT2D eigenvalue weighted by atomic mass is 28.4. The second-order valence-electron chi connectivity index (χ2n) is 19.4. The highest BCUT2D eigenvalue weighted by molar-refractivity contribution is 6.74. The zero-order valence-electron chi connectivity index (χ0n) is 33.6. The van der Waals surface area contributed by atoms with Crippen molar-refractivity contribution in [3.63, 3.8) is 0 Å². The lowest BCUT2D eigenvalue weighted by atomic mass is 9.61. The predicted molar refractivity (Wildman–Crippen MR) is 209 cm³/mol. The van der Waals surface area contributed by atoms with Gasteiger partial charge in [-0.3, -0.25) is 4.79 Å². The summed E-state index contributed by atoms with van der Waals surface area (Å²) in [6.07, 6.45) is 17.5. The lowest BCUT2D eigenvalue weighted by Crippen LogP contribution is -2.49. The molecule has 4 aliphatic rings. The van der Waals surface area contributed by atoms with E-state index in [4.69, 9.17) is 13.6 Å².